The van der Waals surface area contributed by atoms with Crippen LogP contribution in [0, 0.1) is 0 Å². The van der Waals surface area contributed by atoms with Gasteiger partial charge in [-0.05, 0) is 102 Å². The quantitative estimate of drug-likeness (QED) is 0.163. The predicted molar refractivity (Wildman–Crippen MR) is 218 cm³/mol. The maximum atomic E-state index is 9.57. The summed E-state index contributed by atoms with van der Waals surface area (Å²) in [6.07, 6.45) is 0. The Balaban J connectivity index is 1.35. The summed E-state index contributed by atoms with van der Waals surface area (Å²) in [5.74, 6) is 0. The molecule has 9 aromatic carbocycles. The lowest BCUT2D eigenvalue weighted by Crippen LogP contribution is -2.09. The van der Waals surface area contributed by atoms with Crippen LogP contribution in [-0.2, 0) is 0 Å². The van der Waals surface area contributed by atoms with Gasteiger partial charge in [-0.2, -0.15) is 0 Å². The van der Waals surface area contributed by atoms with Crippen LogP contribution in [0.2, 0.25) is 0 Å². The van der Waals surface area contributed by atoms with E-state index in [1.54, 1.807) is 12.1 Å². The van der Waals surface area contributed by atoms with Crippen LogP contribution in [0.1, 0.15) is 27.4 Å². The molecule has 0 amide bonds. The highest BCUT2D eigenvalue weighted by Crippen LogP contribution is 2.41. The first-order valence-electron chi connectivity index (χ1n) is 25.9. The van der Waals surface area contributed by atoms with E-state index >= 15 is 0 Å². The summed E-state index contributed by atoms with van der Waals surface area (Å²) < 4.78 is 177. The van der Waals surface area contributed by atoms with Gasteiger partial charge in [0, 0.05) is 17.1 Å². The van der Waals surface area contributed by atoms with Gasteiger partial charge >= 0.3 is 0 Å². The van der Waals surface area contributed by atoms with Crippen LogP contribution in [0.5, 0.6) is 0 Å². The summed E-state index contributed by atoms with van der Waals surface area (Å²) in [5.41, 5.74) is -0.504. The highest BCUT2D eigenvalue weighted by atomic mass is 15.1. The Kier molecular flexibility index (Phi) is 4.15. The molecule has 9 aromatic rings. The molecule has 1 nitrogen and oxygen atoms in total. The van der Waals surface area contributed by atoms with Crippen molar-refractivity contribution in [2.45, 2.75) is 0 Å². The molecule has 0 bridgehead atoms. The Bertz CT molecular complexity index is 3670. The molecule has 240 valence electrons. The van der Waals surface area contributed by atoms with E-state index in [9.17, 15) is 11.0 Å². The number of benzene rings is 9. The molecule has 0 heterocycles. The zero-order valence-corrected chi connectivity index (χ0v) is 26.6. The van der Waals surface area contributed by atoms with Crippen LogP contribution in [0.4, 0.5) is 17.1 Å². The summed E-state index contributed by atoms with van der Waals surface area (Å²) in [4.78, 5) is 0.980. The average molecular weight is 670 g/mol. The van der Waals surface area contributed by atoms with E-state index in [4.69, 9.17) is 16.4 Å². The summed E-state index contributed by atoms with van der Waals surface area (Å²) in [7, 11) is 0. The second-order valence-electron chi connectivity index (χ2n) is 11.4. The maximum absolute atomic E-state index is 9.57. The van der Waals surface area contributed by atoms with Gasteiger partial charge in [-0.3, -0.25) is 0 Å². The van der Waals surface area contributed by atoms with Crippen LogP contribution in [0.3, 0.4) is 0 Å². The molecule has 0 aromatic heterocycles. The van der Waals surface area contributed by atoms with Gasteiger partial charge in [0.05, 0.1) is 27.4 Å². The Morgan fingerprint density at radius 2 is 0.941 bits per heavy atom. The molecule has 9 rings (SSSR count). The monoisotopic (exact) mass is 669 g/mol. The summed E-state index contributed by atoms with van der Waals surface area (Å²) in [6, 6.07) is 11.5. The number of fused-ring (bicyclic) bond motifs is 2. The van der Waals surface area contributed by atoms with Crippen LogP contribution < -0.4 is 4.90 Å². The highest BCUT2D eigenvalue weighted by Gasteiger charge is 2.16. The minimum Gasteiger partial charge on any atom is -0.311 e. The molecule has 0 fully saturated rings. The molecule has 1 heteroatoms. The first-order chi connectivity index (χ1) is 33.6. The Labute approximate surface area is 327 Å². The lowest BCUT2D eigenvalue weighted by Gasteiger charge is -2.26. The van der Waals surface area contributed by atoms with E-state index in [0.717, 1.165) is 32.4 Å². The van der Waals surface area contributed by atoms with Crippen molar-refractivity contribution in [2.75, 3.05) is 4.90 Å². The van der Waals surface area contributed by atoms with Gasteiger partial charge in [-0.15, -0.1) is 0 Å². The molecule has 0 radical (unpaired) electrons. The van der Waals surface area contributed by atoms with Gasteiger partial charge in [0.15, 0.2) is 0 Å². The summed E-state index contributed by atoms with van der Waals surface area (Å²) in [6.45, 7) is 0. The van der Waals surface area contributed by atoms with Gasteiger partial charge in [0.2, 0.25) is 0 Å². The van der Waals surface area contributed by atoms with Gasteiger partial charge in [-0.25, -0.2) is 0 Å². The zero-order chi connectivity index (χ0) is 51.4. The van der Waals surface area contributed by atoms with Crippen molar-refractivity contribution in [3.8, 4) is 44.5 Å². The van der Waals surface area contributed by atoms with Crippen LogP contribution >= 0.6 is 0 Å². The zero-order valence-electron chi connectivity index (χ0n) is 46.6. The third-order valence-corrected chi connectivity index (χ3v) is 8.41. The summed E-state index contributed by atoms with van der Waals surface area (Å²) >= 11 is 0. The molecule has 0 unspecified atom stereocenters. The molecular formula is C50H35N. The number of hydrogen-bond donors (Lipinski definition) is 0. The van der Waals surface area contributed by atoms with E-state index in [-0.39, 0.29) is 5.69 Å². The number of nitrogens with zero attached hydrogens (tertiary/aromatic N) is 1. The Morgan fingerprint density at radius 1 is 0.314 bits per heavy atom. The standard InChI is InChI=1S/C50H35N/c1-3-12-36(13-4-1)37-22-29-43(30-23-37)51(44-31-24-40(25-32-44)47-21-11-18-38-14-7-9-19-46(38)47)45-33-26-41(27-34-45)49-35-28-39-15-8-10-20-48(39)50(49)42-16-5-2-6-17-42/h1-35H/i1D,3D,4D,7D,9D,11D,12D,13D,14D,18D,19D,21D,22D,23D,24D,25D,29D,30D,31D,32D. The molecule has 0 aliphatic rings. The van der Waals surface area contributed by atoms with Crippen molar-refractivity contribution in [3.63, 3.8) is 0 Å². The van der Waals surface area contributed by atoms with E-state index < -0.39 is 165 Å². The van der Waals surface area contributed by atoms with Gasteiger partial charge in [0.25, 0.3) is 0 Å². The molecule has 51 heavy (non-hydrogen) atoms. The van der Waals surface area contributed by atoms with E-state index in [1.165, 1.54) is 12.1 Å². The van der Waals surface area contributed by atoms with E-state index in [2.05, 4.69) is 0 Å². The number of anilines is 3. The third kappa shape index (κ3) is 5.86. The van der Waals surface area contributed by atoms with Gasteiger partial charge < -0.3 is 4.90 Å². The number of rotatable bonds is 7. The second kappa shape index (κ2) is 13.3. The van der Waals surface area contributed by atoms with Crippen molar-refractivity contribution >= 4 is 38.6 Å². The maximum Gasteiger partial charge on any atom is 0.0645 e. The average Bonchev–Trinajstić information content (AvgIpc) is 3.37. The van der Waals surface area contributed by atoms with Crippen LogP contribution in [0.25, 0.3) is 66.1 Å². The molecule has 0 aliphatic carbocycles. The van der Waals surface area contributed by atoms with Crippen molar-refractivity contribution in [1.82, 2.24) is 0 Å². The van der Waals surface area contributed by atoms with Gasteiger partial charge in [-0.1, -0.05) is 176 Å². The fourth-order valence-corrected chi connectivity index (χ4v) is 6.05. The molecule has 0 N–H and O–H groups in total. The molecular weight excluding hydrogens is 615 g/mol. The molecule has 0 atom stereocenters. The SMILES string of the molecule is [2H]c1c([2H])c([2H])c(-c2c([2H])c([2H])c(N(c3ccc(-c4ccc5ccccc5c4-c4ccccc4)cc3)c3c([2H])c([2H])c(-c4c([2H])c([2H])c([2H])c5c([2H])c([2H])c([2H])c([2H])c45)c([2H])c3[2H])c([2H])c2[2H])c([2H])c1[2H]. The summed E-state index contributed by atoms with van der Waals surface area (Å²) in [5, 5.41) is 0.942. The Morgan fingerprint density at radius 3 is 1.71 bits per heavy atom. The lowest BCUT2D eigenvalue weighted by atomic mass is 9.90. The van der Waals surface area contributed by atoms with E-state index in [0.29, 0.717) is 5.56 Å². The van der Waals surface area contributed by atoms with Crippen molar-refractivity contribution in [1.29, 1.82) is 0 Å². The first-order valence-corrected chi connectivity index (χ1v) is 15.9. The molecule has 0 aliphatic heterocycles. The fourth-order valence-electron chi connectivity index (χ4n) is 6.05. The fraction of sp³-hybridized carbons (Fsp3) is 0. The largest absolute Gasteiger partial charge is 0.311 e. The topological polar surface area (TPSA) is 3.24 Å². The van der Waals surface area contributed by atoms with Gasteiger partial charge in [0.1, 0.15) is 0 Å². The number of hydrogen-bond acceptors (Lipinski definition) is 1. The normalized spacial score (nSPS) is 16.6. The van der Waals surface area contributed by atoms with Crippen LogP contribution in [-0.4, -0.2) is 0 Å². The second-order valence-corrected chi connectivity index (χ2v) is 11.4. The highest BCUT2D eigenvalue weighted by molar-refractivity contribution is 6.04. The van der Waals surface area contributed by atoms with Crippen molar-refractivity contribution < 1.29 is 27.4 Å². The molecule has 0 spiro atoms. The molecule has 0 saturated carbocycles. The predicted octanol–water partition coefficient (Wildman–Crippen LogP) is 14.1. The molecule has 0 saturated heterocycles. The van der Waals surface area contributed by atoms with Crippen molar-refractivity contribution in [3.05, 3.63) is 212 Å². The minimum atomic E-state index is -0.892. The lowest BCUT2D eigenvalue weighted by molar-refractivity contribution is 1.28. The third-order valence-electron chi connectivity index (χ3n) is 8.41. The minimum absolute atomic E-state index is 0.00606. The van der Waals surface area contributed by atoms with E-state index in [1.807, 2.05) is 66.7 Å². The van der Waals surface area contributed by atoms with Crippen molar-refractivity contribution in [2.24, 2.45) is 0 Å². The smallest absolute Gasteiger partial charge is 0.0645 e. The Hall–Kier alpha value is -6.70. The van der Waals surface area contributed by atoms with Crippen LogP contribution in [0.15, 0.2) is 212 Å². The first kappa shape index (κ1) is 15.9.